The van der Waals surface area contributed by atoms with Crippen LogP contribution in [0.4, 0.5) is 10.2 Å². The van der Waals surface area contributed by atoms with Crippen LogP contribution in [-0.4, -0.2) is 26.6 Å². The number of aryl methyl sites for hydroxylation is 1. The number of aromatic nitrogens is 4. The van der Waals surface area contributed by atoms with Crippen LogP contribution >= 0.6 is 11.3 Å². The number of rotatable bonds is 3. The minimum atomic E-state index is -0.774. The first-order chi connectivity index (χ1) is 12.3. The molecule has 134 valence electrons. The fourth-order valence-electron chi connectivity index (χ4n) is 3.03. The highest BCUT2D eigenvalue weighted by molar-refractivity contribution is 7.21. The van der Waals surface area contributed by atoms with E-state index >= 15 is 0 Å². The molecule has 4 aromatic rings. The second-order valence-corrected chi connectivity index (χ2v) is 7.83. The van der Waals surface area contributed by atoms with Gasteiger partial charge in [-0.3, -0.25) is 0 Å². The lowest BCUT2D eigenvalue weighted by Crippen LogP contribution is -2.29. The number of hydrogen-bond acceptors (Lipinski definition) is 6. The Balaban J connectivity index is 1.97. The monoisotopic (exact) mass is 370 g/mol. The molecule has 0 spiro atoms. The first kappa shape index (κ1) is 16.9. The van der Waals surface area contributed by atoms with Crippen LogP contribution in [-0.2, 0) is 12.6 Å². The lowest BCUT2D eigenvalue weighted by molar-refractivity contribution is 0.502. The second-order valence-electron chi connectivity index (χ2n) is 6.85. The molecule has 0 amide bonds. The minimum Gasteiger partial charge on any atom is -0.371 e. The lowest BCUT2D eigenvalue weighted by atomic mass is 9.93. The van der Waals surface area contributed by atoms with E-state index in [0.29, 0.717) is 11.4 Å². The molecule has 0 aliphatic heterocycles. The van der Waals surface area contributed by atoms with Crippen LogP contribution in [0, 0.1) is 5.82 Å². The highest BCUT2D eigenvalue weighted by atomic mass is 32.1. The van der Waals surface area contributed by atoms with E-state index in [-0.39, 0.29) is 5.82 Å². The van der Waals surface area contributed by atoms with Crippen LogP contribution in [0.3, 0.4) is 0 Å². The normalized spacial score (nSPS) is 12.2. The van der Waals surface area contributed by atoms with Gasteiger partial charge in [-0.25, -0.2) is 19.3 Å². The van der Waals surface area contributed by atoms with E-state index < -0.39 is 5.54 Å². The molecule has 0 unspecified atom stereocenters. The van der Waals surface area contributed by atoms with Crippen LogP contribution in [0.15, 0.2) is 24.5 Å². The fraction of sp³-hybridized carbons (Fsp3) is 0.278. The Morgan fingerprint density at radius 2 is 2.00 bits per heavy atom. The number of halogens is 1. The quantitative estimate of drug-likeness (QED) is 0.576. The summed E-state index contributed by atoms with van der Waals surface area (Å²) < 4.78 is 16.1. The van der Waals surface area contributed by atoms with Gasteiger partial charge in [0.25, 0.3) is 0 Å². The topological polar surface area (TPSA) is 81.7 Å². The van der Waals surface area contributed by atoms with Gasteiger partial charge in [0, 0.05) is 30.8 Å². The summed E-state index contributed by atoms with van der Waals surface area (Å²) >= 11 is 1.47. The summed E-state index contributed by atoms with van der Waals surface area (Å²) in [5.74, 6) is 0.401. The van der Waals surface area contributed by atoms with E-state index in [9.17, 15) is 4.39 Å². The Hall–Kier alpha value is -2.58. The number of anilines is 1. The van der Waals surface area contributed by atoms with Crippen molar-refractivity contribution in [2.24, 2.45) is 12.8 Å². The Morgan fingerprint density at radius 1 is 1.23 bits per heavy atom. The van der Waals surface area contributed by atoms with Crippen LogP contribution in [0.1, 0.15) is 19.4 Å². The molecule has 3 aromatic heterocycles. The predicted octanol–water partition coefficient (Wildman–Crippen LogP) is 3.62. The zero-order chi connectivity index (χ0) is 18.6. The summed E-state index contributed by atoms with van der Waals surface area (Å²) in [4.78, 5) is 14.6. The Morgan fingerprint density at radius 3 is 2.69 bits per heavy atom. The number of pyridine rings is 1. The van der Waals surface area contributed by atoms with E-state index in [2.05, 4.69) is 15.3 Å². The van der Waals surface area contributed by atoms with Crippen molar-refractivity contribution in [3.8, 4) is 10.6 Å². The molecule has 0 radical (unpaired) electrons. The molecule has 0 aliphatic carbocycles. The maximum absolute atomic E-state index is 14.2. The number of thiazole rings is 1. The number of nitrogens with zero attached hydrogens (tertiary/aromatic N) is 4. The third-order valence-electron chi connectivity index (χ3n) is 4.35. The third kappa shape index (κ3) is 2.53. The average Bonchev–Trinajstić information content (AvgIpc) is 3.17. The number of imidazole rings is 1. The standard InChI is InChI=1S/C18H19FN6S/c1-18(2,20)10-7-9(5-6-11(10)19)16-23-13-14-12(22-8-25(14)4)15(21-3)24-17(13)26-16/h5-8H,20H2,1-4H3,(H,21,24). The van der Waals surface area contributed by atoms with Crippen molar-refractivity contribution in [3.05, 3.63) is 35.9 Å². The molecule has 3 heterocycles. The van der Waals surface area contributed by atoms with Crippen molar-refractivity contribution in [2.75, 3.05) is 12.4 Å². The second kappa shape index (κ2) is 5.72. The van der Waals surface area contributed by atoms with Gasteiger partial charge in [0.15, 0.2) is 5.82 Å². The number of nitrogens with two attached hydrogens (primary N) is 1. The zero-order valence-electron chi connectivity index (χ0n) is 15.0. The van der Waals surface area contributed by atoms with Crippen LogP contribution in [0.5, 0.6) is 0 Å². The molecule has 0 aliphatic rings. The molecule has 26 heavy (non-hydrogen) atoms. The fourth-order valence-corrected chi connectivity index (χ4v) is 3.97. The van der Waals surface area contributed by atoms with Gasteiger partial charge in [0.1, 0.15) is 32.2 Å². The summed E-state index contributed by atoms with van der Waals surface area (Å²) in [6, 6.07) is 4.94. The summed E-state index contributed by atoms with van der Waals surface area (Å²) in [6.45, 7) is 3.57. The van der Waals surface area contributed by atoms with Gasteiger partial charge in [-0.15, -0.1) is 0 Å². The van der Waals surface area contributed by atoms with Crippen molar-refractivity contribution in [2.45, 2.75) is 19.4 Å². The molecular weight excluding hydrogens is 351 g/mol. The largest absolute Gasteiger partial charge is 0.371 e. The Bertz CT molecular complexity index is 1140. The van der Waals surface area contributed by atoms with Crippen molar-refractivity contribution in [3.63, 3.8) is 0 Å². The summed E-state index contributed by atoms with van der Waals surface area (Å²) in [6.07, 6.45) is 1.75. The predicted molar refractivity (Wildman–Crippen MR) is 104 cm³/mol. The first-order valence-corrected chi connectivity index (χ1v) is 9.00. The van der Waals surface area contributed by atoms with Crippen LogP contribution in [0.25, 0.3) is 32.0 Å². The molecule has 8 heteroatoms. The van der Waals surface area contributed by atoms with Gasteiger partial charge in [0.2, 0.25) is 0 Å². The maximum atomic E-state index is 14.2. The highest BCUT2D eigenvalue weighted by Crippen LogP contribution is 2.36. The summed E-state index contributed by atoms with van der Waals surface area (Å²) in [7, 11) is 3.75. The minimum absolute atomic E-state index is 0.313. The van der Waals surface area contributed by atoms with Gasteiger partial charge in [-0.05, 0) is 32.0 Å². The van der Waals surface area contributed by atoms with E-state index in [1.165, 1.54) is 17.4 Å². The van der Waals surface area contributed by atoms with Gasteiger partial charge in [-0.1, -0.05) is 11.3 Å². The molecule has 0 bridgehead atoms. The molecule has 0 saturated heterocycles. The van der Waals surface area contributed by atoms with Gasteiger partial charge in [0.05, 0.1) is 6.33 Å². The summed E-state index contributed by atoms with van der Waals surface area (Å²) in [5, 5.41) is 3.86. The lowest BCUT2D eigenvalue weighted by Gasteiger charge is -2.20. The molecule has 1 aromatic carbocycles. The first-order valence-electron chi connectivity index (χ1n) is 8.18. The number of benzene rings is 1. The zero-order valence-corrected chi connectivity index (χ0v) is 15.8. The van der Waals surface area contributed by atoms with Crippen molar-refractivity contribution < 1.29 is 4.39 Å². The third-order valence-corrected chi connectivity index (χ3v) is 5.35. The van der Waals surface area contributed by atoms with Crippen LogP contribution < -0.4 is 11.1 Å². The van der Waals surface area contributed by atoms with Gasteiger partial charge < -0.3 is 15.6 Å². The molecule has 0 atom stereocenters. The molecule has 6 nitrogen and oxygen atoms in total. The highest BCUT2D eigenvalue weighted by Gasteiger charge is 2.21. The van der Waals surface area contributed by atoms with Gasteiger partial charge >= 0.3 is 0 Å². The number of fused-ring (bicyclic) bond motifs is 3. The van der Waals surface area contributed by atoms with Crippen LogP contribution in [0.2, 0.25) is 0 Å². The van der Waals surface area contributed by atoms with E-state index in [0.717, 1.165) is 32.0 Å². The maximum Gasteiger partial charge on any atom is 0.155 e. The average molecular weight is 370 g/mol. The van der Waals surface area contributed by atoms with E-state index in [1.807, 2.05) is 18.7 Å². The molecule has 4 rings (SSSR count). The Kier molecular flexibility index (Phi) is 3.71. The SMILES string of the molecule is CNc1nc2sc(-c3ccc(F)c(C(C)(C)N)c3)nc2c2c1ncn2C. The number of hydrogen-bond donors (Lipinski definition) is 2. The molecule has 0 fully saturated rings. The smallest absolute Gasteiger partial charge is 0.155 e. The molecule has 3 N–H and O–H groups in total. The van der Waals surface area contributed by atoms with E-state index in [1.54, 1.807) is 32.3 Å². The Labute approximate surface area is 153 Å². The molecule has 0 saturated carbocycles. The van der Waals surface area contributed by atoms with E-state index in [4.69, 9.17) is 10.7 Å². The van der Waals surface area contributed by atoms with Crippen molar-refractivity contribution >= 4 is 38.5 Å². The van der Waals surface area contributed by atoms with Crippen molar-refractivity contribution in [1.29, 1.82) is 0 Å². The summed E-state index contributed by atoms with van der Waals surface area (Å²) in [5.41, 5.74) is 9.11. The number of nitrogens with one attached hydrogen (secondary N) is 1. The van der Waals surface area contributed by atoms with Crippen molar-refractivity contribution in [1.82, 2.24) is 19.5 Å². The van der Waals surface area contributed by atoms with Gasteiger partial charge in [-0.2, -0.15) is 0 Å². The molecular formula is C18H19FN6S.